The number of rotatable bonds is 5. The second-order valence-corrected chi connectivity index (χ2v) is 9.22. The van der Waals surface area contributed by atoms with Crippen molar-refractivity contribution < 1.29 is 13.2 Å². The Balaban J connectivity index is 2.01. The number of sulfonamides is 1. The van der Waals surface area contributed by atoms with Crippen LogP contribution in [0.2, 0.25) is 9.49 Å². The number of halogens is 2. The Morgan fingerprint density at radius 2 is 1.86 bits per heavy atom. The lowest BCUT2D eigenvalue weighted by Crippen LogP contribution is -2.51. The first-order valence-corrected chi connectivity index (χ1v) is 9.96. The molecule has 10 heteroatoms. The Kier molecular flexibility index (Phi) is 5.84. The standard InChI is InChI=1S/C12H17Cl2N3O3S2/c1-8(2)16-3-5-17(6-4-16)22(19,20)7-9(18)12-15-10(13)11(14)21-12/h8H,3-7H2,1-2H3. The molecule has 124 valence electrons. The molecule has 1 fully saturated rings. The molecule has 0 saturated carbocycles. The number of carbonyl (C=O) groups is 1. The van der Waals surface area contributed by atoms with Crippen molar-refractivity contribution >= 4 is 50.3 Å². The maximum atomic E-state index is 12.3. The SMILES string of the molecule is CC(C)N1CCN(S(=O)(=O)CC(=O)c2nc(Cl)c(Cl)s2)CC1. The molecule has 0 N–H and O–H groups in total. The predicted molar refractivity (Wildman–Crippen MR) is 88.5 cm³/mol. The first-order valence-electron chi connectivity index (χ1n) is 6.77. The summed E-state index contributed by atoms with van der Waals surface area (Å²) in [5.41, 5.74) is 0. The minimum absolute atomic E-state index is 0.0259. The quantitative estimate of drug-likeness (QED) is 0.724. The normalized spacial score (nSPS) is 18.0. The number of Topliss-reactive ketones (excluding diaryl/α,β-unsaturated/α-hetero) is 1. The molecule has 0 atom stereocenters. The number of ketones is 1. The molecule has 0 amide bonds. The van der Waals surface area contributed by atoms with Crippen LogP contribution in [0.1, 0.15) is 23.6 Å². The van der Waals surface area contributed by atoms with Gasteiger partial charge in [0, 0.05) is 32.2 Å². The largest absolute Gasteiger partial charge is 0.298 e. The summed E-state index contributed by atoms with van der Waals surface area (Å²) in [6.45, 7) is 6.27. The van der Waals surface area contributed by atoms with Crippen LogP contribution < -0.4 is 0 Å². The molecule has 22 heavy (non-hydrogen) atoms. The van der Waals surface area contributed by atoms with Gasteiger partial charge in [-0.05, 0) is 13.8 Å². The van der Waals surface area contributed by atoms with E-state index in [2.05, 4.69) is 23.7 Å². The molecular formula is C12H17Cl2N3O3S2. The van der Waals surface area contributed by atoms with Gasteiger partial charge in [0.25, 0.3) is 0 Å². The number of nitrogens with zero attached hydrogens (tertiary/aromatic N) is 3. The van der Waals surface area contributed by atoms with E-state index in [9.17, 15) is 13.2 Å². The molecule has 0 unspecified atom stereocenters. The average Bonchev–Trinajstić information content (AvgIpc) is 2.78. The van der Waals surface area contributed by atoms with Crippen molar-refractivity contribution in [1.29, 1.82) is 0 Å². The maximum Gasteiger partial charge on any atom is 0.221 e. The summed E-state index contributed by atoms with van der Waals surface area (Å²) < 4.78 is 26.2. The van der Waals surface area contributed by atoms with Crippen molar-refractivity contribution in [2.75, 3.05) is 31.9 Å². The van der Waals surface area contributed by atoms with Gasteiger partial charge in [-0.2, -0.15) is 4.31 Å². The van der Waals surface area contributed by atoms with Crippen molar-refractivity contribution in [2.45, 2.75) is 19.9 Å². The van der Waals surface area contributed by atoms with Gasteiger partial charge in [-0.1, -0.05) is 34.5 Å². The number of aromatic nitrogens is 1. The van der Waals surface area contributed by atoms with Gasteiger partial charge in [-0.25, -0.2) is 13.4 Å². The molecule has 1 aliphatic heterocycles. The Morgan fingerprint density at radius 3 is 2.32 bits per heavy atom. The first kappa shape index (κ1) is 18.1. The van der Waals surface area contributed by atoms with Crippen LogP contribution in [-0.4, -0.2) is 66.4 Å². The lowest BCUT2D eigenvalue weighted by Gasteiger charge is -2.36. The predicted octanol–water partition coefficient (Wildman–Crippen LogP) is 1.99. The van der Waals surface area contributed by atoms with E-state index >= 15 is 0 Å². The zero-order chi connectivity index (χ0) is 16.5. The van der Waals surface area contributed by atoms with Crippen LogP contribution in [0.5, 0.6) is 0 Å². The minimum atomic E-state index is -3.65. The van der Waals surface area contributed by atoms with Crippen molar-refractivity contribution in [3.8, 4) is 0 Å². The second-order valence-electron chi connectivity index (χ2n) is 5.29. The lowest BCUT2D eigenvalue weighted by atomic mass is 10.3. The zero-order valence-corrected chi connectivity index (χ0v) is 15.4. The Morgan fingerprint density at radius 1 is 1.27 bits per heavy atom. The van der Waals surface area contributed by atoms with Gasteiger partial charge < -0.3 is 0 Å². The second kappa shape index (κ2) is 7.11. The monoisotopic (exact) mass is 385 g/mol. The summed E-state index contributed by atoms with van der Waals surface area (Å²) in [6.07, 6.45) is 0. The number of thiazole rings is 1. The van der Waals surface area contributed by atoms with Gasteiger partial charge >= 0.3 is 0 Å². The van der Waals surface area contributed by atoms with Gasteiger partial charge in [-0.3, -0.25) is 9.69 Å². The highest BCUT2D eigenvalue weighted by Gasteiger charge is 2.31. The third kappa shape index (κ3) is 4.18. The van der Waals surface area contributed by atoms with Gasteiger partial charge in [0.15, 0.2) is 10.2 Å². The topological polar surface area (TPSA) is 70.6 Å². The molecule has 0 aromatic carbocycles. The molecular weight excluding hydrogens is 369 g/mol. The molecule has 2 heterocycles. The summed E-state index contributed by atoms with van der Waals surface area (Å²) in [6, 6.07) is 0.381. The molecule has 1 saturated heterocycles. The summed E-state index contributed by atoms with van der Waals surface area (Å²) in [7, 11) is -3.65. The van der Waals surface area contributed by atoms with Crippen LogP contribution in [0.25, 0.3) is 0 Å². The van der Waals surface area contributed by atoms with Gasteiger partial charge in [0.05, 0.1) is 0 Å². The van der Waals surface area contributed by atoms with E-state index in [1.807, 2.05) is 0 Å². The molecule has 1 aliphatic rings. The van der Waals surface area contributed by atoms with E-state index in [-0.39, 0.29) is 14.5 Å². The van der Waals surface area contributed by atoms with Crippen LogP contribution in [0, 0.1) is 0 Å². The molecule has 0 aliphatic carbocycles. The smallest absolute Gasteiger partial charge is 0.221 e. The zero-order valence-electron chi connectivity index (χ0n) is 12.3. The van der Waals surface area contributed by atoms with E-state index < -0.39 is 21.6 Å². The van der Waals surface area contributed by atoms with Crippen LogP contribution in [-0.2, 0) is 10.0 Å². The van der Waals surface area contributed by atoms with E-state index in [0.29, 0.717) is 32.2 Å². The molecule has 1 aromatic heterocycles. The highest BCUT2D eigenvalue weighted by atomic mass is 35.5. The van der Waals surface area contributed by atoms with E-state index in [1.165, 1.54) is 4.31 Å². The van der Waals surface area contributed by atoms with Crippen molar-refractivity contribution in [2.24, 2.45) is 0 Å². The van der Waals surface area contributed by atoms with Crippen LogP contribution in [0.3, 0.4) is 0 Å². The summed E-state index contributed by atoms with van der Waals surface area (Å²) in [4.78, 5) is 18.0. The Hall–Kier alpha value is -0.250. The highest BCUT2D eigenvalue weighted by molar-refractivity contribution is 7.89. The Labute approximate surface area is 144 Å². The summed E-state index contributed by atoms with van der Waals surface area (Å²) in [5.74, 6) is -1.18. The molecule has 0 spiro atoms. The van der Waals surface area contributed by atoms with Gasteiger partial charge in [0.2, 0.25) is 15.8 Å². The fourth-order valence-corrected chi connectivity index (χ4v) is 4.82. The first-order chi connectivity index (χ1) is 10.2. The van der Waals surface area contributed by atoms with E-state index in [1.54, 1.807) is 0 Å². The van der Waals surface area contributed by atoms with E-state index in [4.69, 9.17) is 23.2 Å². The highest BCUT2D eigenvalue weighted by Crippen LogP contribution is 2.28. The minimum Gasteiger partial charge on any atom is -0.298 e. The van der Waals surface area contributed by atoms with Gasteiger partial charge in [-0.15, -0.1) is 0 Å². The lowest BCUT2D eigenvalue weighted by molar-refractivity contribution is 0.101. The summed E-state index contributed by atoms with van der Waals surface area (Å²) in [5, 5.41) is 0.0531. The number of piperazine rings is 1. The molecule has 2 rings (SSSR count). The molecule has 0 radical (unpaired) electrons. The maximum absolute atomic E-state index is 12.3. The molecule has 1 aromatic rings. The van der Waals surface area contributed by atoms with Gasteiger partial charge in [0.1, 0.15) is 10.1 Å². The number of hydrogen-bond donors (Lipinski definition) is 0. The number of carbonyl (C=O) groups excluding carboxylic acids is 1. The van der Waals surface area contributed by atoms with Crippen LogP contribution in [0.15, 0.2) is 0 Å². The fourth-order valence-electron chi connectivity index (χ4n) is 2.22. The fraction of sp³-hybridized carbons (Fsp3) is 0.667. The molecule has 0 bridgehead atoms. The number of hydrogen-bond acceptors (Lipinski definition) is 6. The van der Waals surface area contributed by atoms with Crippen LogP contribution in [0.4, 0.5) is 0 Å². The summed E-state index contributed by atoms with van der Waals surface area (Å²) >= 11 is 12.3. The van der Waals surface area contributed by atoms with E-state index in [0.717, 1.165) is 11.3 Å². The molecule has 6 nitrogen and oxygen atoms in total. The van der Waals surface area contributed by atoms with Crippen LogP contribution >= 0.6 is 34.5 Å². The third-order valence-electron chi connectivity index (χ3n) is 3.50. The third-order valence-corrected chi connectivity index (χ3v) is 7.05. The Bertz CT molecular complexity index is 633. The average molecular weight is 386 g/mol. The van der Waals surface area contributed by atoms with Crippen molar-refractivity contribution in [3.63, 3.8) is 0 Å². The van der Waals surface area contributed by atoms with Crippen molar-refractivity contribution in [1.82, 2.24) is 14.2 Å². The van der Waals surface area contributed by atoms with Crippen molar-refractivity contribution in [3.05, 3.63) is 14.5 Å².